The van der Waals surface area contributed by atoms with Crippen molar-refractivity contribution in [3.8, 4) is 0 Å². The van der Waals surface area contributed by atoms with Crippen molar-refractivity contribution >= 4 is 11.7 Å². The summed E-state index contributed by atoms with van der Waals surface area (Å²) >= 11 is 0. The summed E-state index contributed by atoms with van der Waals surface area (Å²) in [6.07, 6.45) is 4.91. The van der Waals surface area contributed by atoms with Crippen molar-refractivity contribution in [1.82, 2.24) is 9.97 Å². The number of rotatable bonds is 4. The van der Waals surface area contributed by atoms with Crippen LogP contribution in [0, 0.1) is 0 Å². The van der Waals surface area contributed by atoms with Crippen LogP contribution in [0.4, 0.5) is 5.82 Å². The molecule has 92 valence electrons. The van der Waals surface area contributed by atoms with E-state index in [1.165, 1.54) is 0 Å². The van der Waals surface area contributed by atoms with E-state index in [0.29, 0.717) is 12.1 Å². The van der Waals surface area contributed by atoms with Crippen LogP contribution < -0.4 is 11.1 Å². The van der Waals surface area contributed by atoms with Crippen LogP contribution in [0.5, 0.6) is 0 Å². The summed E-state index contributed by atoms with van der Waals surface area (Å²) in [6, 6.07) is 7.39. The molecule has 0 atom stereocenters. The Balaban J connectivity index is 1.99. The molecule has 0 radical (unpaired) electrons. The molecule has 4 N–H and O–H groups in total. The van der Waals surface area contributed by atoms with Crippen LogP contribution in [0.3, 0.4) is 0 Å². The molecule has 0 unspecified atom stereocenters. The smallest absolute Gasteiger partial charge is 0.170 e. The normalized spacial score (nSPS) is 11.2. The molecule has 0 saturated heterocycles. The summed E-state index contributed by atoms with van der Waals surface area (Å²) in [4.78, 5) is 8.07. The minimum Gasteiger partial charge on any atom is -0.409 e. The van der Waals surface area contributed by atoms with Crippen LogP contribution in [0.25, 0.3) is 0 Å². The molecule has 0 spiro atoms. The quantitative estimate of drug-likeness (QED) is 0.324. The van der Waals surface area contributed by atoms with Crippen LogP contribution in [0.2, 0.25) is 0 Å². The zero-order valence-electron chi connectivity index (χ0n) is 9.61. The third-order valence-electron chi connectivity index (χ3n) is 2.39. The zero-order valence-corrected chi connectivity index (χ0v) is 9.61. The van der Waals surface area contributed by atoms with E-state index in [9.17, 15) is 0 Å². The topological polar surface area (TPSA) is 96.4 Å². The Bertz CT molecular complexity index is 524. The summed E-state index contributed by atoms with van der Waals surface area (Å²) < 4.78 is 0. The number of oxime groups is 1. The van der Waals surface area contributed by atoms with Gasteiger partial charge in [-0.2, -0.15) is 0 Å². The lowest BCUT2D eigenvalue weighted by molar-refractivity contribution is 0.318. The lowest BCUT2D eigenvalue weighted by Crippen LogP contribution is -2.13. The Kier molecular flexibility index (Phi) is 3.70. The van der Waals surface area contributed by atoms with Crippen molar-refractivity contribution in [2.75, 3.05) is 5.32 Å². The Morgan fingerprint density at radius 1 is 1.28 bits per heavy atom. The zero-order chi connectivity index (χ0) is 12.8. The molecule has 0 aliphatic carbocycles. The Hall–Kier alpha value is -2.63. The van der Waals surface area contributed by atoms with Crippen LogP contribution in [0.1, 0.15) is 11.1 Å². The van der Waals surface area contributed by atoms with Crippen LogP contribution in [0.15, 0.2) is 48.0 Å². The number of aromatic nitrogens is 2. The van der Waals surface area contributed by atoms with Gasteiger partial charge in [0.1, 0.15) is 5.82 Å². The largest absolute Gasteiger partial charge is 0.409 e. The van der Waals surface area contributed by atoms with Gasteiger partial charge >= 0.3 is 0 Å². The van der Waals surface area contributed by atoms with E-state index >= 15 is 0 Å². The lowest BCUT2D eigenvalue weighted by atomic mass is 10.1. The molecule has 1 aromatic carbocycles. The van der Waals surface area contributed by atoms with Gasteiger partial charge in [-0.3, -0.25) is 4.98 Å². The van der Waals surface area contributed by atoms with E-state index in [1.54, 1.807) is 30.7 Å². The number of hydrogen-bond acceptors (Lipinski definition) is 5. The second-order valence-electron chi connectivity index (χ2n) is 3.63. The van der Waals surface area contributed by atoms with Gasteiger partial charge in [0.15, 0.2) is 5.84 Å². The van der Waals surface area contributed by atoms with Crippen molar-refractivity contribution in [1.29, 1.82) is 0 Å². The van der Waals surface area contributed by atoms with Crippen molar-refractivity contribution in [2.45, 2.75) is 6.54 Å². The van der Waals surface area contributed by atoms with Crippen molar-refractivity contribution in [3.63, 3.8) is 0 Å². The highest BCUT2D eigenvalue weighted by molar-refractivity contribution is 5.96. The van der Waals surface area contributed by atoms with E-state index in [2.05, 4.69) is 20.4 Å². The molecule has 0 amide bonds. The molecular formula is C12H13N5O. The molecule has 18 heavy (non-hydrogen) atoms. The molecule has 0 bridgehead atoms. The van der Waals surface area contributed by atoms with Crippen LogP contribution >= 0.6 is 0 Å². The van der Waals surface area contributed by atoms with Gasteiger partial charge < -0.3 is 16.3 Å². The van der Waals surface area contributed by atoms with Crippen molar-refractivity contribution in [2.24, 2.45) is 10.9 Å². The minimum absolute atomic E-state index is 0.100. The van der Waals surface area contributed by atoms with E-state index in [1.807, 2.05) is 12.1 Å². The first-order chi connectivity index (χ1) is 8.79. The maximum atomic E-state index is 8.54. The van der Waals surface area contributed by atoms with Gasteiger partial charge in [-0.05, 0) is 5.56 Å². The molecule has 0 aliphatic rings. The SMILES string of the molecule is N/C(=N\O)c1ccc(CNc2cnccn2)cc1. The van der Waals surface area contributed by atoms with Gasteiger partial charge in [-0.15, -0.1) is 0 Å². The number of nitrogens with one attached hydrogen (secondary N) is 1. The highest BCUT2D eigenvalue weighted by atomic mass is 16.4. The molecule has 6 nitrogen and oxygen atoms in total. The van der Waals surface area contributed by atoms with Crippen LogP contribution in [-0.4, -0.2) is 21.0 Å². The van der Waals surface area contributed by atoms with Gasteiger partial charge in [-0.25, -0.2) is 4.98 Å². The fourth-order valence-electron chi connectivity index (χ4n) is 1.43. The predicted molar refractivity (Wildman–Crippen MR) is 68.3 cm³/mol. The van der Waals surface area contributed by atoms with E-state index in [4.69, 9.17) is 10.9 Å². The molecule has 0 fully saturated rings. The van der Waals surface area contributed by atoms with Crippen molar-refractivity contribution < 1.29 is 5.21 Å². The monoisotopic (exact) mass is 243 g/mol. The van der Waals surface area contributed by atoms with E-state index in [-0.39, 0.29) is 5.84 Å². The van der Waals surface area contributed by atoms with Crippen molar-refractivity contribution in [3.05, 3.63) is 54.0 Å². The summed E-state index contributed by atoms with van der Waals surface area (Å²) in [7, 11) is 0. The fraction of sp³-hybridized carbons (Fsp3) is 0.0833. The Morgan fingerprint density at radius 2 is 2.06 bits per heavy atom. The summed E-state index contributed by atoms with van der Waals surface area (Å²) in [6.45, 7) is 0.634. The molecule has 1 aromatic heterocycles. The van der Waals surface area contributed by atoms with Gasteiger partial charge in [0.05, 0.1) is 6.20 Å². The predicted octanol–water partition coefficient (Wildman–Crippen LogP) is 1.18. The second kappa shape index (κ2) is 5.62. The number of nitrogens with zero attached hydrogens (tertiary/aromatic N) is 3. The molecule has 2 aromatic rings. The molecular weight excluding hydrogens is 230 g/mol. The highest BCUT2D eigenvalue weighted by Gasteiger charge is 1.99. The number of hydrogen-bond donors (Lipinski definition) is 3. The van der Waals surface area contributed by atoms with Gasteiger partial charge in [0.25, 0.3) is 0 Å². The molecule has 1 heterocycles. The second-order valence-corrected chi connectivity index (χ2v) is 3.63. The van der Waals surface area contributed by atoms with E-state index in [0.717, 1.165) is 11.4 Å². The lowest BCUT2D eigenvalue weighted by Gasteiger charge is -2.05. The third-order valence-corrected chi connectivity index (χ3v) is 2.39. The van der Waals surface area contributed by atoms with Gasteiger partial charge in [0.2, 0.25) is 0 Å². The molecule has 6 heteroatoms. The molecule has 2 rings (SSSR count). The average molecular weight is 243 g/mol. The first-order valence-electron chi connectivity index (χ1n) is 5.36. The van der Waals surface area contributed by atoms with Gasteiger partial charge in [0, 0.05) is 24.5 Å². The average Bonchev–Trinajstić information content (AvgIpc) is 2.46. The third kappa shape index (κ3) is 2.94. The molecule has 0 aliphatic heterocycles. The summed E-state index contributed by atoms with van der Waals surface area (Å²) in [5, 5.41) is 14.6. The summed E-state index contributed by atoms with van der Waals surface area (Å²) in [5.74, 6) is 0.821. The molecule has 0 saturated carbocycles. The Morgan fingerprint density at radius 3 is 2.67 bits per heavy atom. The fourth-order valence-corrected chi connectivity index (χ4v) is 1.43. The first kappa shape index (κ1) is 11.8. The maximum Gasteiger partial charge on any atom is 0.170 e. The number of amidine groups is 1. The minimum atomic E-state index is 0.100. The number of anilines is 1. The van der Waals surface area contributed by atoms with Crippen LogP contribution in [-0.2, 0) is 6.54 Å². The van der Waals surface area contributed by atoms with Gasteiger partial charge in [-0.1, -0.05) is 29.4 Å². The maximum absolute atomic E-state index is 8.54. The standard InChI is InChI=1S/C12H13N5O/c13-12(17-18)10-3-1-9(2-4-10)7-16-11-8-14-5-6-15-11/h1-6,8,18H,7H2,(H2,13,17)(H,15,16). The number of benzene rings is 1. The highest BCUT2D eigenvalue weighted by Crippen LogP contribution is 2.07. The summed E-state index contributed by atoms with van der Waals surface area (Å²) in [5.41, 5.74) is 7.22. The number of nitrogens with two attached hydrogens (primary N) is 1. The van der Waals surface area contributed by atoms with E-state index < -0.39 is 0 Å². The first-order valence-corrected chi connectivity index (χ1v) is 5.36. The Labute approximate surface area is 104 Å².